The molecule has 2 aromatic rings. The van der Waals surface area contributed by atoms with Gasteiger partial charge in [-0.1, -0.05) is 49.9 Å². The first kappa shape index (κ1) is 18.5. The minimum atomic E-state index is 0.612. The minimum absolute atomic E-state index is 0.612. The molecule has 0 radical (unpaired) electrons. The summed E-state index contributed by atoms with van der Waals surface area (Å²) in [5.74, 6) is 1.75. The lowest BCUT2D eigenvalue weighted by molar-refractivity contribution is 0.446. The molecule has 5 heteroatoms. The third kappa shape index (κ3) is 4.85. The molecule has 0 spiro atoms. The number of aromatic nitrogens is 3. The molecule has 0 saturated heterocycles. The number of hydrogen-bond donors (Lipinski definition) is 1. The Labute approximate surface area is 155 Å². The molecule has 0 bridgehead atoms. The Kier molecular flexibility index (Phi) is 6.54. The molecule has 1 atom stereocenters. The van der Waals surface area contributed by atoms with E-state index in [0.29, 0.717) is 12.0 Å². The van der Waals surface area contributed by atoms with Crippen molar-refractivity contribution in [1.29, 1.82) is 0 Å². The van der Waals surface area contributed by atoms with E-state index < -0.39 is 0 Å². The number of rotatable bonds is 8. The molecular formula is C20H30N4S. The fourth-order valence-corrected chi connectivity index (χ4v) is 4.15. The molecule has 0 aliphatic heterocycles. The van der Waals surface area contributed by atoms with Crippen molar-refractivity contribution >= 4 is 11.8 Å². The SMILES string of the molecule is CSc1nnc(CCCNC2CCc3ccccc3C2)n1CC(C)C. The van der Waals surface area contributed by atoms with Crippen LogP contribution in [0.5, 0.6) is 0 Å². The molecule has 1 unspecified atom stereocenters. The first-order valence-electron chi connectivity index (χ1n) is 9.43. The molecule has 4 nitrogen and oxygen atoms in total. The van der Waals surface area contributed by atoms with Gasteiger partial charge in [0.15, 0.2) is 5.16 Å². The Morgan fingerprint density at radius 2 is 2.04 bits per heavy atom. The molecule has 0 fully saturated rings. The summed E-state index contributed by atoms with van der Waals surface area (Å²) >= 11 is 1.69. The van der Waals surface area contributed by atoms with Crippen LogP contribution in [0.2, 0.25) is 0 Å². The van der Waals surface area contributed by atoms with E-state index in [1.165, 1.54) is 24.0 Å². The zero-order valence-corrected chi connectivity index (χ0v) is 16.5. The predicted octanol–water partition coefficient (Wildman–Crippen LogP) is 3.74. The molecule has 0 saturated carbocycles. The summed E-state index contributed by atoms with van der Waals surface area (Å²) in [6.07, 6.45) is 7.80. The van der Waals surface area contributed by atoms with Crippen LogP contribution in [0, 0.1) is 5.92 Å². The molecular weight excluding hydrogens is 328 g/mol. The van der Waals surface area contributed by atoms with E-state index in [4.69, 9.17) is 0 Å². The van der Waals surface area contributed by atoms with Crippen molar-refractivity contribution in [1.82, 2.24) is 20.1 Å². The Morgan fingerprint density at radius 3 is 2.80 bits per heavy atom. The van der Waals surface area contributed by atoms with Crippen molar-refractivity contribution in [2.24, 2.45) is 5.92 Å². The molecule has 1 aromatic heterocycles. The summed E-state index contributed by atoms with van der Waals surface area (Å²) in [6.45, 7) is 6.55. The fraction of sp³-hybridized carbons (Fsp3) is 0.600. The number of benzene rings is 1. The van der Waals surface area contributed by atoms with Gasteiger partial charge >= 0.3 is 0 Å². The maximum Gasteiger partial charge on any atom is 0.190 e. The first-order chi connectivity index (χ1) is 12.2. The van der Waals surface area contributed by atoms with Gasteiger partial charge in [-0.05, 0) is 55.5 Å². The van der Waals surface area contributed by atoms with Crippen LogP contribution >= 0.6 is 11.8 Å². The lowest BCUT2D eigenvalue weighted by Gasteiger charge is -2.25. The zero-order chi connectivity index (χ0) is 17.6. The molecule has 1 heterocycles. The quantitative estimate of drug-likeness (QED) is 0.577. The molecule has 0 amide bonds. The molecule has 1 aliphatic rings. The smallest absolute Gasteiger partial charge is 0.190 e. The second-order valence-corrected chi connectivity index (χ2v) is 8.15. The summed E-state index contributed by atoms with van der Waals surface area (Å²) in [5.41, 5.74) is 3.06. The van der Waals surface area contributed by atoms with Crippen LogP contribution in [0.25, 0.3) is 0 Å². The van der Waals surface area contributed by atoms with Crippen molar-refractivity contribution < 1.29 is 0 Å². The maximum atomic E-state index is 4.42. The first-order valence-corrected chi connectivity index (χ1v) is 10.7. The van der Waals surface area contributed by atoms with Gasteiger partial charge in [-0.3, -0.25) is 0 Å². The van der Waals surface area contributed by atoms with E-state index in [9.17, 15) is 0 Å². The van der Waals surface area contributed by atoms with Crippen LogP contribution in [0.3, 0.4) is 0 Å². The Hall–Kier alpha value is -1.33. The predicted molar refractivity (Wildman–Crippen MR) is 105 cm³/mol. The van der Waals surface area contributed by atoms with Gasteiger partial charge in [0.2, 0.25) is 0 Å². The maximum absolute atomic E-state index is 4.42. The lowest BCUT2D eigenvalue weighted by atomic mass is 9.88. The third-order valence-corrected chi connectivity index (χ3v) is 5.55. The highest BCUT2D eigenvalue weighted by Gasteiger charge is 2.17. The summed E-state index contributed by atoms with van der Waals surface area (Å²) in [4.78, 5) is 0. The fourth-order valence-electron chi connectivity index (χ4n) is 3.63. The van der Waals surface area contributed by atoms with Gasteiger partial charge in [0.1, 0.15) is 5.82 Å². The molecule has 136 valence electrons. The van der Waals surface area contributed by atoms with Crippen molar-refractivity contribution in [3.05, 3.63) is 41.2 Å². The van der Waals surface area contributed by atoms with Gasteiger partial charge in [-0.2, -0.15) is 0 Å². The van der Waals surface area contributed by atoms with Crippen molar-refractivity contribution in [3.63, 3.8) is 0 Å². The topological polar surface area (TPSA) is 42.7 Å². The van der Waals surface area contributed by atoms with E-state index in [-0.39, 0.29) is 0 Å². The highest BCUT2D eigenvalue weighted by atomic mass is 32.2. The Balaban J connectivity index is 1.47. The number of hydrogen-bond acceptors (Lipinski definition) is 4. The van der Waals surface area contributed by atoms with E-state index in [2.05, 4.69) is 64.4 Å². The van der Waals surface area contributed by atoms with Crippen molar-refractivity contribution in [3.8, 4) is 0 Å². The van der Waals surface area contributed by atoms with E-state index >= 15 is 0 Å². The van der Waals surface area contributed by atoms with E-state index in [0.717, 1.165) is 43.3 Å². The molecule has 25 heavy (non-hydrogen) atoms. The largest absolute Gasteiger partial charge is 0.314 e. The van der Waals surface area contributed by atoms with Gasteiger partial charge in [0.05, 0.1) is 0 Å². The number of fused-ring (bicyclic) bond motifs is 1. The third-order valence-electron chi connectivity index (χ3n) is 4.88. The van der Waals surface area contributed by atoms with Crippen LogP contribution in [0.4, 0.5) is 0 Å². The Morgan fingerprint density at radius 1 is 1.24 bits per heavy atom. The Bertz CT molecular complexity index is 680. The second-order valence-electron chi connectivity index (χ2n) is 7.37. The highest BCUT2D eigenvalue weighted by molar-refractivity contribution is 7.98. The zero-order valence-electron chi connectivity index (χ0n) is 15.7. The average Bonchev–Trinajstić information content (AvgIpc) is 2.99. The summed E-state index contributed by atoms with van der Waals surface area (Å²) in [6, 6.07) is 9.48. The summed E-state index contributed by atoms with van der Waals surface area (Å²) < 4.78 is 2.30. The number of thioether (sulfide) groups is 1. The molecule has 1 aliphatic carbocycles. The molecule has 1 N–H and O–H groups in total. The number of aryl methyl sites for hydroxylation is 2. The highest BCUT2D eigenvalue weighted by Crippen LogP contribution is 2.21. The summed E-state index contributed by atoms with van der Waals surface area (Å²) in [7, 11) is 0. The van der Waals surface area contributed by atoms with Gasteiger partial charge in [-0.25, -0.2) is 0 Å². The van der Waals surface area contributed by atoms with Crippen LogP contribution in [-0.2, 0) is 25.8 Å². The van der Waals surface area contributed by atoms with Crippen LogP contribution in [0.1, 0.15) is 43.6 Å². The molecule has 1 aromatic carbocycles. The number of nitrogens with zero attached hydrogens (tertiary/aromatic N) is 3. The van der Waals surface area contributed by atoms with E-state index in [1.54, 1.807) is 11.8 Å². The number of nitrogens with one attached hydrogen (secondary N) is 1. The van der Waals surface area contributed by atoms with Gasteiger partial charge in [0, 0.05) is 19.0 Å². The second kappa shape index (κ2) is 8.86. The van der Waals surface area contributed by atoms with Crippen molar-refractivity contribution in [2.75, 3.05) is 12.8 Å². The van der Waals surface area contributed by atoms with Crippen LogP contribution in [0.15, 0.2) is 29.4 Å². The minimum Gasteiger partial charge on any atom is -0.314 e. The monoisotopic (exact) mass is 358 g/mol. The summed E-state index contributed by atoms with van der Waals surface area (Å²) in [5, 5.41) is 13.5. The van der Waals surface area contributed by atoms with Gasteiger partial charge in [-0.15, -0.1) is 10.2 Å². The average molecular weight is 359 g/mol. The van der Waals surface area contributed by atoms with Gasteiger partial charge < -0.3 is 9.88 Å². The normalized spacial score (nSPS) is 17.0. The van der Waals surface area contributed by atoms with Gasteiger partial charge in [0.25, 0.3) is 0 Å². The molecule has 3 rings (SSSR count). The van der Waals surface area contributed by atoms with Crippen LogP contribution < -0.4 is 5.32 Å². The van der Waals surface area contributed by atoms with Crippen LogP contribution in [-0.4, -0.2) is 33.6 Å². The van der Waals surface area contributed by atoms with Crippen molar-refractivity contribution in [2.45, 2.75) is 63.7 Å². The lowest BCUT2D eigenvalue weighted by Crippen LogP contribution is -2.35. The van der Waals surface area contributed by atoms with E-state index in [1.807, 2.05) is 0 Å². The standard InChI is InChI=1S/C20H30N4S/c1-15(2)14-24-19(22-23-20(24)25-3)9-6-12-21-18-11-10-16-7-4-5-8-17(16)13-18/h4-5,7-8,15,18,21H,6,9-14H2,1-3H3.